The molecule has 0 bridgehead atoms. The van der Waals surface area contributed by atoms with Gasteiger partial charge in [-0.2, -0.15) is 11.8 Å². The largest absolute Gasteiger partial charge is 0.378 e. The van der Waals surface area contributed by atoms with Crippen LogP contribution in [0.4, 0.5) is 0 Å². The Morgan fingerprint density at radius 2 is 2.33 bits per heavy atom. The van der Waals surface area contributed by atoms with Crippen molar-refractivity contribution in [2.75, 3.05) is 24.7 Å². The predicted molar refractivity (Wildman–Crippen MR) is 54.6 cm³/mol. The van der Waals surface area contributed by atoms with Gasteiger partial charge >= 0.3 is 0 Å². The van der Waals surface area contributed by atoms with Crippen molar-refractivity contribution in [1.82, 2.24) is 0 Å². The molecule has 0 amide bonds. The van der Waals surface area contributed by atoms with E-state index in [1.165, 1.54) is 30.8 Å². The van der Waals surface area contributed by atoms with Gasteiger partial charge < -0.3 is 10.5 Å². The van der Waals surface area contributed by atoms with Gasteiger partial charge in [-0.05, 0) is 43.7 Å². The van der Waals surface area contributed by atoms with Crippen LogP contribution in [-0.2, 0) is 4.74 Å². The molecule has 0 saturated carbocycles. The molecule has 0 aromatic rings. The van der Waals surface area contributed by atoms with Crippen LogP contribution in [0.1, 0.15) is 25.7 Å². The standard InChI is InChI=1S/C9H19NOS/c10-5-2-7-12-8-4-9-3-1-6-11-9/h9H,1-8,10H2. The Hall–Kier alpha value is 0.270. The van der Waals surface area contributed by atoms with Crippen LogP contribution in [0.25, 0.3) is 0 Å². The van der Waals surface area contributed by atoms with Crippen LogP contribution in [0, 0.1) is 0 Å². The minimum Gasteiger partial charge on any atom is -0.378 e. The third kappa shape index (κ3) is 4.33. The Labute approximate surface area is 79.2 Å². The summed E-state index contributed by atoms with van der Waals surface area (Å²) in [6.07, 6.45) is 5.48. The molecule has 72 valence electrons. The maximum absolute atomic E-state index is 5.52. The van der Waals surface area contributed by atoms with Gasteiger partial charge in [0, 0.05) is 6.61 Å². The number of thioether (sulfide) groups is 1. The van der Waals surface area contributed by atoms with E-state index in [4.69, 9.17) is 10.5 Å². The first-order chi connectivity index (χ1) is 5.93. The van der Waals surface area contributed by atoms with Gasteiger partial charge in [-0.3, -0.25) is 0 Å². The van der Waals surface area contributed by atoms with Crippen LogP contribution in [-0.4, -0.2) is 30.8 Å². The fourth-order valence-corrected chi connectivity index (χ4v) is 2.38. The van der Waals surface area contributed by atoms with Gasteiger partial charge in [0.1, 0.15) is 0 Å². The zero-order valence-corrected chi connectivity index (χ0v) is 8.44. The van der Waals surface area contributed by atoms with E-state index in [-0.39, 0.29) is 0 Å². The van der Waals surface area contributed by atoms with Gasteiger partial charge in [0.05, 0.1) is 6.10 Å². The Morgan fingerprint density at radius 1 is 1.42 bits per heavy atom. The molecule has 0 aromatic carbocycles. The molecule has 0 spiro atoms. The second-order valence-corrected chi connectivity index (χ2v) is 4.40. The summed E-state index contributed by atoms with van der Waals surface area (Å²) >= 11 is 2.00. The number of rotatable bonds is 6. The summed E-state index contributed by atoms with van der Waals surface area (Å²) in [4.78, 5) is 0. The van der Waals surface area contributed by atoms with E-state index in [1.807, 2.05) is 11.8 Å². The molecule has 0 radical (unpaired) electrons. The molecule has 1 unspecified atom stereocenters. The molecule has 2 nitrogen and oxygen atoms in total. The Morgan fingerprint density at radius 3 is 3.00 bits per heavy atom. The molecule has 1 heterocycles. The van der Waals surface area contributed by atoms with Crippen molar-refractivity contribution >= 4 is 11.8 Å². The number of ether oxygens (including phenoxy) is 1. The first-order valence-electron chi connectivity index (χ1n) is 4.83. The minimum atomic E-state index is 0.565. The summed E-state index contributed by atoms with van der Waals surface area (Å²) in [6.45, 7) is 1.81. The van der Waals surface area contributed by atoms with Gasteiger partial charge in [0.25, 0.3) is 0 Å². The lowest BCUT2D eigenvalue weighted by molar-refractivity contribution is 0.109. The van der Waals surface area contributed by atoms with Crippen molar-refractivity contribution in [2.24, 2.45) is 5.73 Å². The summed E-state index contributed by atoms with van der Waals surface area (Å²) in [5.41, 5.74) is 5.39. The highest BCUT2D eigenvalue weighted by molar-refractivity contribution is 7.99. The van der Waals surface area contributed by atoms with E-state index in [2.05, 4.69) is 0 Å². The molecule has 1 fully saturated rings. The number of hydrogen-bond donors (Lipinski definition) is 1. The summed E-state index contributed by atoms with van der Waals surface area (Å²) in [7, 11) is 0. The summed E-state index contributed by atoms with van der Waals surface area (Å²) in [5, 5.41) is 0. The molecule has 1 saturated heterocycles. The molecule has 12 heavy (non-hydrogen) atoms. The molecule has 3 heteroatoms. The van der Waals surface area contributed by atoms with E-state index < -0.39 is 0 Å². The Balaban J connectivity index is 1.81. The highest BCUT2D eigenvalue weighted by atomic mass is 32.2. The van der Waals surface area contributed by atoms with Crippen LogP contribution < -0.4 is 5.73 Å². The van der Waals surface area contributed by atoms with Crippen molar-refractivity contribution in [3.05, 3.63) is 0 Å². The average molecular weight is 189 g/mol. The SMILES string of the molecule is NCCCSCCC1CCCO1. The van der Waals surface area contributed by atoms with E-state index in [0.29, 0.717) is 6.10 Å². The summed E-state index contributed by atoms with van der Waals surface area (Å²) in [5.74, 6) is 2.45. The predicted octanol–water partition coefficient (Wildman–Crippen LogP) is 1.64. The van der Waals surface area contributed by atoms with Gasteiger partial charge in [-0.15, -0.1) is 0 Å². The summed E-state index contributed by atoms with van der Waals surface area (Å²) < 4.78 is 5.52. The third-order valence-electron chi connectivity index (χ3n) is 2.10. The van der Waals surface area contributed by atoms with Gasteiger partial charge in [-0.1, -0.05) is 0 Å². The highest BCUT2D eigenvalue weighted by Gasteiger charge is 2.14. The Kier molecular flexibility index (Phi) is 5.82. The molecule has 1 rings (SSSR count). The molecular formula is C9H19NOS. The van der Waals surface area contributed by atoms with Crippen molar-refractivity contribution in [3.63, 3.8) is 0 Å². The van der Waals surface area contributed by atoms with Crippen molar-refractivity contribution < 1.29 is 4.74 Å². The van der Waals surface area contributed by atoms with E-state index >= 15 is 0 Å². The normalized spacial score (nSPS) is 23.2. The van der Waals surface area contributed by atoms with E-state index in [9.17, 15) is 0 Å². The van der Waals surface area contributed by atoms with Crippen LogP contribution in [0.5, 0.6) is 0 Å². The minimum absolute atomic E-state index is 0.565. The van der Waals surface area contributed by atoms with Gasteiger partial charge in [-0.25, -0.2) is 0 Å². The quantitative estimate of drug-likeness (QED) is 0.645. The van der Waals surface area contributed by atoms with Gasteiger partial charge in [0.2, 0.25) is 0 Å². The molecule has 1 atom stereocenters. The zero-order valence-electron chi connectivity index (χ0n) is 7.63. The fraction of sp³-hybridized carbons (Fsp3) is 1.00. The fourth-order valence-electron chi connectivity index (χ4n) is 1.37. The van der Waals surface area contributed by atoms with Gasteiger partial charge in [0.15, 0.2) is 0 Å². The molecule has 2 N–H and O–H groups in total. The van der Waals surface area contributed by atoms with Crippen LogP contribution in [0.2, 0.25) is 0 Å². The van der Waals surface area contributed by atoms with Crippen molar-refractivity contribution in [3.8, 4) is 0 Å². The van der Waals surface area contributed by atoms with E-state index in [1.54, 1.807) is 0 Å². The van der Waals surface area contributed by atoms with Crippen LogP contribution >= 0.6 is 11.8 Å². The zero-order chi connectivity index (χ0) is 8.65. The molecule has 1 aliphatic rings. The maximum atomic E-state index is 5.52. The maximum Gasteiger partial charge on any atom is 0.0583 e. The lowest BCUT2D eigenvalue weighted by Crippen LogP contribution is -2.06. The number of nitrogens with two attached hydrogens (primary N) is 1. The monoisotopic (exact) mass is 189 g/mol. The van der Waals surface area contributed by atoms with Crippen molar-refractivity contribution in [2.45, 2.75) is 31.8 Å². The first-order valence-corrected chi connectivity index (χ1v) is 5.98. The summed E-state index contributed by atoms with van der Waals surface area (Å²) in [6, 6.07) is 0. The van der Waals surface area contributed by atoms with E-state index in [0.717, 1.165) is 19.6 Å². The first kappa shape index (κ1) is 10.4. The smallest absolute Gasteiger partial charge is 0.0583 e. The molecule has 0 aromatic heterocycles. The van der Waals surface area contributed by atoms with Crippen molar-refractivity contribution in [1.29, 1.82) is 0 Å². The van der Waals surface area contributed by atoms with Crippen LogP contribution in [0.15, 0.2) is 0 Å². The number of hydrogen-bond acceptors (Lipinski definition) is 3. The lowest BCUT2D eigenvalue weighted by Gasteiger charge is -2.07. The second kappa shape index (κ2) is 6.75. The molecule has 1 aliphatic heterocycles. The average Bonchev–Trinajstić information content (AvgIpc) is 2.57. The molecular weight excluding hydrogens is 170 g/mol. The Bertz CT molecular complexity index is 105. The lowest BCUT2D eigenvalue weighted by atomic mass is 10.2. The topological polar surface area (TPSA) is 35.2 Å². The highest BCUT2D eigenvalue weighted by Crippen LogP contribution is 2.17. The van der Waals surface area contributed by atoms with Crippen LogP contribution in [0.3, 0.4) is 0 Å². The third-order valence-corrected chi connectivity index (χ3v) is 3.20. The second-order valence-electron chi connectivity index (χ2n) is 3.18. The molecule has 0 aliphatic carbocycles.